The lowest BCUT2D eigenvalue weighted by Gasteiger charge is -2.19. The lowest BCUT2D eigenvalue weighted by atomic mass is 10.1. The minimum absolute atomic E-state index is 0.0163. The van der Waals surface area contributed by atoms with E-state index in [1.165, 1.54) is 6.33 Å². The van der Waals surface area contributed by atoms with Gasteiger partial charge in [-0.15, -0.1) is 0 Å². The van der Waals surface area contributed by atoms with Gasteiger partial charge in [-0.05, 0) is 23.3 Å². The number of rotatable bonds is 6. The molecule has 2 heterocycles. The Labute approximate surface area is 175 Å². The van der Waals surface area contributed by atoms with Gasteiger partial charge < -0.3 is 15.5 Å². The molecule has 0 spiro atoms. The van der Waals surface area contributed by atoms with Gasteiger partial charge in [0.2, 0.25) is 5.91 Å². The predicted octanol–water partition coefficient (Wildman–Crippen LogP) is 1.80. The summed E-state index contributed by atoms with van der Waals surface area (Å²) in [4.78, 5) is 22.5. The molecule has 1 amide bonds. The van der Waals surface area contributed by atoms with Crippen molar-refractivity contribution < 1.29 is 4.79 Å². The Morgan fingerprint density at radius 2 is 2.00 bits per heavy atom. The average Bonchev–Trinajstić information content (AvgIpc) is 3.41. The van der Waals surface area contributed by atoms with Crippen LogP contribution in [0.4, 0.5) is 5.69 Å². The van der Waals surface area contributed by atoms with Gasteiger partial charge in [0.05, 0.1) is 12.6 Å². The van der Waals surface area contributed by atoms with Crippen molar-refractivity contribution in [2.75, 3.05) is 18.5 Å². The third-order valence-electron chi connectivity index (χ3n) is 5.02. The first kappa shape index (κ1) is 19.6. The molecule has 0 radical (unpaired) electrons. The van der Waals surface area contributed by atoms with Crippen LogP contribution < -0.4 is 15.5 Å². The van der Waals surface area contributed by atoms with E-state index in [0.717, 1.165) is 16.8 Å². The fraction of sp³-hybridized carbons (Fsp3) is 0.273. The number of hydrogen-bond donors (Lipinski definition) is 2. The molecule has 3 aromatic rings. The zero-order valence-corrected chi connectivity index (χ0v) is 16.9. The largest absolute Gasteiger partial charge is 0.352 e. The smallest absolute Gasteiger partial charge is 0.229 e. The van der Waals surface area contributed by atoms with Gasteiger partial charge in [-0.25, -0.2) is 9.67 Å². The summed E-state index contributed by atoms with van der Waals surface area (Å²) in [6.07, 6.45) is 3.69. The standard InChI is InChI=1S/C22H25N7O/c1-23-22(27-19-11-21(30)29(14-19)20-8-3-2-4-9-20)25-12-17-6-5-7-18(10-17)13-28-16-24-15-26-28/h2-10,15-16,19H,11-14H2,1H3,(H2,23,25,27). The Bertz CT molecular complexity index is 1000. The van der Waals surface area contributed by atoms with Crippen molar-refractivity contribution in [2.24, 2.45) is 4.99 Å². The Kier molecular flexibility index (Phi) is 6.03. The second-order valence-corrected chi connectivity index (χ2v) is 7.22. The Morgan fingerprint density at radius 3 is 2.77 bits per heavy atom. The Morgan fingerprint density at radius 1 is 1.17 bits per heavy atom. The number of nitrogens with zero attached hydrogens (tertiary/aromatic N) is 5. The minimum Gasteiger partial charge on any atom is -0.352 e. The van der Waals surface area contributed by atoms with Gasteiger partial charge in [-0.2, -0.15) is 5.10 Å². The maximum atomic E-state index is 12.4. The summed E-state index contributed by atoms with van der Waals surface area (Å²) in [5, 5.41) is 10.9. The van der Waals surface area contributed by atoms with Gasteiger partial charge in [0.25, 0.3) is 0 Å². The van der Waals surface area contributed by atoms with E-state index in [1.807, 2.05) is 41.3 Å². The van der Waals surface area contributed by atoms with Gasteiger partial charge in [0.1, 0.15) is 12.7 Å². The van der Waals surface area contributed by atoms with Crippen LogP contribution >= 0.6 is 0 Å². The highest BCUT2D eigenvalue weighted by Crippen LogP contribution is 2.20. The molecule has 0 aliphatic carbocycles. The normalized spacial score (nSPS) is 16.7. The summed E-state index contributed by atoms with van der Waals surface area (Å²) in [6.45, 7) is 1.94. The SMILES string of the molecule is CN=C(NCc1cccc(Cn2cncn2)c1)NC1CC(=O)N(c2ccccc2)C1. The van der Waals surface area contributed by atoms with Gasteiger partial charge in [-0.3, -0.25) is 9.79 Å². The molecule has 154 valence electrons. The molecule has 2 aromatic carbocycles. The van der Waals surface area contributed by atoms with Crippen LogP contribution in [0.1, 0.15) is 17.5 Å². The molecule has 1 atom stereocenters. The zero-order chi connectivity index (χ0) is 20.8. The third-order valence-corrected chi connectivity index (χ3v) is 5.02. The predicted molar refractivity (Wildman–Crippen MR) is 116 cm³/mol. The van der Waals surface area contributed by atoms with Crippen LogP contribution in [0, 0.1) is 0 Å². The molecule has 4 rings (SSSR count). The van der Waals surface area contributed by atoms with Gasteiger partial charge in [0, 0.05) is 32.2 Å². The zero-order valence-electron chi connectivity index (χ0n) is 16.9. The van der Waals surface area contributed by atoms with Crippen LogP contribution in [0.25, 0.3) is 0 Å². The average molecular weight is 403 g/mol. The molecular formula is C22H25N7O. The summed E-state index contributed by atoms with van der Waals surface area (Å²) < 4.78 is 1.79. The number of amides is 1. The van der Waals surface area contributed by atoms with E-state index < -0.39 is 0 Å². The first-order valence-electron chi connectivity index (χ1n) is 9.94. The summed E-state index contributed by atoms with van der Waals surface area (Å²) in [5.74, 6) is 0.805. The van der Waals surface area contributed by atoms with Crippen LogP contribution in [-0.4, -0.2) is 46.3 Å². The van der Waals surface area contributed by atoms with Crippen LogP contribution in [0.2, 0.25) is 0 Å². The van der Waals surface area contributed by atoms with E-state index in [0.29, 0.717) is 32.0 Å². The van der Waals surface area contributed by atoms with Crippen LogP contribution in [0.5, 0.6) is 0 Å². The number of benzene rings is 2. The Hall–Kier alpha value is -3.68. The second-order valence-electron chi connectivity index (χ2n) is 7.22. The summed E-state index contributed by atoms with van der Waals surface area (Å²) >= 11 is 0. The molecular weight excluding hydrogens is 378 g/mol. The molecule has 1 aliphatic rings. The van der Waals surface area contributed by atoms with Crippen molar-refractivity contribution in [1.82, 2.24) is 25.4 Å². The lowest BCUT2D eigenvalue weighted by molar-refractivity contribution is -0.117. The van der Waals surface area contributed by atoms with Crippen LogP contribution in [0.15, 0.2) is 72.2 Å². The van der Waals surface area contributed by atoms with Gasteiger partial charge >= 0.3 is 0 Å². The first-order chi connectivity index (χ1) is 14.7. The number of carbonyl (C=O) groups is 1. The fourth-order valence-corrected chi connectivity index (χ4v) is 3.57. The van der Waals surface area contributed by atoms with Crippen LogP contribution in [-0.2, 0) is 17.9 Å². The summed E-state index contributed by atoms with van der Waals surface area (Å²) in [6, 6.07) is 18.1. The number of aromatic nitrogens is 3. The maximum Gasteiger partial charge on any atom is 0.229 e. The Balaban J connectivity index is 1.32. The highest BCUT2D eigenvalue weighted by Gasteiger charge is 2.30. The van der Waals surface area contributed by atoms with Gasteiger partial charge in [-0.1, -0.05) is 42.5 Å². The molecule has 1 aliphatic heterocycles. The number of nitrogens with one attached hydrogen (secondary N) is 2. The van der Waals surface area contributed by atoms with Crippen LogP contribution in [0.3, 0.4) is 0 Å². The highest BCUT2D eigenvalue weighted by molar-refractivity contribution is 5.97. The molecule has 2 N–H and O–H groups in total. The quantitative estimate of drug-likeness (QED) is 0.484. The summed E-state index contributed by atoms with van der Waals surface area (Å²) in [5.41, 5.74) is 3.23. The summed E-state index contributed by atoms with van der Waals surface area (Å²) in [7, 11) is 1.74. The third kappa shape index (κ3) is 4.83. The molecule has 8 heteroatoms. The number of anilines is 1. The molecule has 1 saturated heterocycles. The number of para-hydroxylation sites is 1. The monoisotopic (exact) mass is 403 g/mol. The first-order valence-corrected chi connectivity index (χ1v) is 9.94. The van der Waals surface area contributed by atoms with E-state index in [9.17, 15) is 4.79 Å². The van der Waals surface area contributed by atoms with E-state index in [2.05, 4.69) is 43.9 Å². The number of guanidine groups is 1. The molecule has 30 heavy (non-hydrogen) atoms. The molecule has 1 aromatic heterocycles. The minimum atomic E-state index is 0.0163. The molecule has 0 bridgehead atoms. The van der Waals surface area contributed by atoms with Crippen molar-refractivity contribution in [2.45, 2.75) is 25.6 Å². The maximum absolute atomic E-state index is 12.4. The number of hydrogen-bond acceptors (Lipinski definition) is 4. The lowest BCUT2D eigenvalue weighted by Crippen LogP contribution is -2.44. The van der Waals surface area contributed by atoms with E-state index in [4.69, 9.17) is 0 Å². The van der Waals surface area contributed by atoms with Crippen molar-refractivity contribution in [3.05, 3.63) is 78.4 Å². The van der Waals surface area contributed by atoms with Crippen molar-refractivity contribution in [3.63, 3.8) is 0 Å². The van der Waals surface area contributed by atoms with Crippen molar-refractivity contribution in [3.8, 4) is 0 Å². The highest BCUT2D eigenvalue weighted by atomic mass is 16.2. The second kappa shape index (κ2) is 9.21. The molecule has 0 saturated carbocycles. The van der Waals surface area contributed by atoms with Crippen molar-refractivity contribution in [1.29, 1.82) is 0 Å². The molecule has 1 unspecified atom stereocenters. The fourth-order valence-electron chi connectivity index (χ4n) is 3.57. The van der Waals surface area contributed by atoms with E-state index in [-0.39, 0.29) is 11.9 Å². The number of carbonyl (C=O) groups excluding carboxylic acids is 1. The number of aliphatic imine (C=N–C) groups is 1. The van der Waals surface area contributed by atoms with Crippen molar-refractivity contribution >= 4 is 17.6 Å². The van der Waals surface area contributed by atoms with Gasteiger partial charge in [0.15, 0.2) is 5.96 Å². The molecule has 8 nitrogen and oxygen atoms in total. The van der Waals surface area contributed by atoms with E-state index in [1.54, 1.807) is 18.1 Å². The topological polar surface area (TPSA) is 87.4 Å². The molecule has 1 fully saturated rings. The van der Waals surface area contributed by atoms with E-state index >= 15 is 0 Å².